The van der Waals surface area contributed by atoms with Gasteiger partial charge in [0.05, 0.1) is 6.04 Å². The van der Waals surface area contributed by atoms with Gasteiger partial charge in [0.1, 0.15) is 6.79 Å². The highest BCUT2D eigenvalue weighted by Crippen LogP contribution is 2.28. The summed E-state index contributed by atoms with van der Waals surface area (Å²) >= 11 is 0. The van der Waals surface area contributed by atoms with Crippen molar-refractivity contribution in [2.75, 3.05) is 12.4 Å². The lowest BCUT2D eigenvalue weighted by Crippen LogP contribution is -2.17. The molecule has 4 N–H and O–H groups in total. The van der Waals surface area contributed by atoms with Crippen molar-refractivity contribution in [3.05, 3.63) is 90.4 Å². The molecule has 3 rings (SSSR count). The van der Waals surface area contributed by atoms with Gasteiger partial charge < -0.3 is 25.5 Å². The molecule has 6 heteroatoms. The number of carbonyl (C=O) groups is 2. The van der Waals surface area contributed by atoms with E-state index in [2.05, 4.69) is 60.0 Å². The van der Waals surface area contributed by atoms with E-state index in [-0.39, 0.29) is 11.9 Å². The van der Waals surface area contributed by atoms with Gasteiger partial charge in [0.2, 0.25) is 5.91 Å². The number of benzene rings is 1. The highest BCUT2D eigenvalue weighted by molar-refractivity contribution is 5.91. The predicted octanol–water partition coefficient (Wildman–Crippen LogP) is 6.84. The van der Waals surface area contributed by atoms with Gasteiger partial charge in [-0.1, -0.05) is 71.9 Å². The number of aliphatic hydroxyl groups excluding tert-OH is 1. The minimum absolute atomic E-state index is 0.0290. The average molecular weight is 496 g/mol. The fraction of sp³-hybridized carbons (Fsp3) is 0.333. The molecule has 198 valence electrons. The second-order valence-corrected chi connectivity index (χ2v) is 6.84. The van der Waals surface area contributed by atoms with Crippen molar-refractivity contribution in [1.82, 2.24) is 10.3 Å². The van der Waals surface area contributed by atoms with Gasteiger partial charge in [-0.2, -0.15) is 0 Å². The first-order chi connectivity index (χ1) is 17.6. The van der Waals surface area contributed by atoms with Gasteiger partial charge in [0.25, 0.3) is 0 Å². The zero-order chi connectivity index (χ0) is 27.9. The molecule has 2 heterocycles. The van der Waals surface area contributed by atoms with Gasteiger partial charge >= 0.3 is 0 Å². The molecule has 0 spiro atoms. The molecule has 0 fully saturated rings. The third kappa shape index (κ3) is 11.2. The number of dihydropyridines is 1. The minimum Gasteiger partial charge on any atom is -0.400 e. The second-order valence-electron chi connectivity index (χ2n) is 6.84. The molecule has 0 bridgehead atoms. The number of allylic oxidation sites excluding steroid dienone is 2. The van der Waals surface area contributed by atoms with E-state index in [1.165, 1.54) is 5.69 Å². The molecule has 0 saturated carbocycles. The van der Waals surface area contributed by atoms with Crippen molar-refractivity contribution in [2.24, 2.45) is 0 Å². The van der Waals surface area contributed by atoms with E-state index in [1.807, 2.05) is 65.0 Å². The monoisotopic (exact) mass is 495 g/mol. The summed E-state index contributed by atoms with van der Waals surface area (Å²) in [5.74, 6) is -0.0633. The van der Waals surface area contributed by atoms with Crippen LogP contribution in [0.15, 0.2) is 67.9 Å². The molecule has 0 radical (unpaired) electrons. The number of carbonyl (C=O) groups excluding carboxylic acids is 2. The molecule has 1 aliphatic rings. The molecule has 6 nitrogen and oxygen atoms in total. The highest BCUT2D eigenvalue weighted by Gasteiger charge is 2.15. The fourth-order valence-electron chi connectivity index (χ4n) is 3.36. The normalized spacial score (nSPS) is 12.6. The summed E-state index contributed by atoms with van der Waals surface area (Å²) in [6.07, 6.45) is 12.1. The molecule has 0 saturated heterocycles. The molecule has 1 aliphatic heterocycles. The molecule has 1 aromatic heterocycles. The third-order valence-corrected chi connectivity index (χ3v) is 4.71. The summed E-state index contributed by atoms with van der Waals surface area (Å²) in [7, 11) is 1.00. The smallest absolute Gasteiger partial charge is 0.228 e. The molecule has 1 aromatic carbocycles. The zero-order valence-electron chi connectivity index (χ0n) is 22.9. The molecular formula is C30H45N3O3. The maximum atomic E-state index is 11.8. The Morgan fingerprint density at radius 1 is 1.11 bits per heavy atom. The van der Waals surface area contributed by atoms with Crippen LogP contribution in [0, 0.1) is 0 Å². The summed E-state index contributed by atoms with van der Waals surface area (Å²) < 4.78 is 0. The van der Waals surface area contributed by atoms with Crippen LogP contribution >= 0.6 is 0 Å². The lowest BCUT2D eigenvalue weighted by Gasteiger charge is -2.20. The van der Waals surface area contributed by atoms with Crippen molar-refractivity contribution < 1.29 is 14.7 Å². The van der Waals surface area contributed by atoms with Crippen LogP contribution in [-0.2, 0) is 16.0 Å². The first-order valence-corrected chi connectivity index (χ1v) is 12.4. The number of aromatic nitrogens is 1. The average Bonchev–Trinajstić information content (AvgIpc) is 3.37. The summed E-state index contributed by atoms with van der Waals surface area (Å²) in [5.41, 5.74) is 6.49. The number of hydrogen-bond donors (Lipinski definition) is 4. The van der Waals surface area contributed by atoms with Gasteiger partial charge in [-0.15, -0.1) is 6.58 Å². The van der Waals surface area contributed by atoms with Crippen molar-refractivity contribution in [3.63, 3.8) is 0 Å². The Kier molecular flexibility index (Phi) is 21.0. The van der Waals surface area contributed by atoms with Crippen molar-refractivity contribution in [3.8, 4) is 0 Å². The highest BCUT2D eigenvalue weighted by atomic mass is 16.2. The Balaban J connectivity index is 0. The summed E-state index contributed by atoms with van der Waals surface area (Å²) in [5, 5.41) is 13.3. The first-order valence-electron chi connectivity index (χ1n) is 12.4. The van der Waals surface area contributed by atoms with Crippen molar-refractivity contribution in [1.29, 1.82) is 0 Å². The van der Waals surface area contributed by atoms with Crippen LogP contribution in [0.4, 0.5) is 5.69 Å². The topological polar surface area (TPSA) is 94.2 Å². The Bertz CT molecular complexity index is 958. The molecular weight excluding hydrogens is 450 g/mol. The van der Waals surface area contributed by atoms with Crippen LogP contribution in [0.2, 0.25) is 0 Å². The van der Waals surface area contributed by atoms with E-state index in [4.69, 9.17) is 9.90 Å². The Morgan fingerprint density at radius 2 is 1.78 bits per heavy atom. The number of amides is 1. The predicted molar refractivity (Wildman–Crippen MR) is 156 cm³/mol. The summed E-state index contributed by atoms with van der Waals surface area (Å²) in [6, 6.07) is 10.1. The molecule has 1 atom stereocenters. The first kappa shape index (κ1) is 34.5. The van der Waals surface area contributed by atoms with Gasteiger partial charge in [0, 0.05) is 30.6 Å². The largest absolute Gasteiger partial charge is 0.400 e. The van der Waals surface area contributed by atoms with Crippen LogP contribution in [0.5, 0.6) is 0 Å². The van der Waals surface area contributed by atoms with Crippen LogP contribution < -0.4 is 10.6 Å². The Labute approximate surface area is 217 Å². The number of rotatable bonds is 8. The van der Waals surface area contributed by atoms with Crippen LogP contribution in [0.1, 0.15) is 76.0 Å². The SMILES string of the molecule is C=CCC(=O)Nc1cccc(C2C=C(c3cc(C=C)c(CCC)[nH]3)C=CN2)c1.C=O.CC.CC.CO. The molecule has 0 aliphatic carbocycles. The molecule has 36 heavy (non-hydrogen) atoms. The summed E-state index contributed by atoms with van der Waals surface area (Å²) in [6.45, 7) is 19.7. The Hall–Kier alpha value is -3.64. The fourth-order valence-corrected chi connectivity index (χ4v) is 3.36. The van der Waals surface area contributed by atoms with Crippen molar-refractivity contribution in [2.45, 2.75) is 59.9 Å². The van der Waals surface area contributed by atoms with Gasteiger partial charge in [-0.25, -0.2) is 0 Å². The maximum Gasteiger partial charge on any atom is 0.228 e. The number of aromatic amines is 1. The van der Waals surface area contributed by atoms with Crippen LogP contribution in [0.3, 0.4) is 0 Å². The molecule has 1 unspecified atom stereocenters. The van der Waals surface area contributed by atoms with Crippen molar-refractivity contribution >= 4 is 30.0 Å². The lowest BCUT2D eigenvalue weighted by atomic mass is 9.99. The van der Waals surface area contributed by atoms with E-state index in [0.717, 1.165) is 48.0 Å². The molecule has 2 aromatic rings. The summed E-state index contributed by atoms with van der Waals surface area (Å²) in [4.78, 5) is 23.4. The van der Waals surface area contributed by atoms with E-state index in [9.17, 15) is 4.79 Å². The van der Waals surface area contributed by atoms with E-state index >= 15 is 0 Å². The van der Waals surface area contributed by atoms with Crippen LogP contribution in [-0.4, -0.2) is 29.9 Å². The van der Waals surface area contributed by atoms with E-state index in [1.54, 1.807) is 6.08 Å². The second kappa shape index (κ2) is 21.9. The number of H-pyrrole nitrogens is 1. The van der Waals surface area contributed by atoms with Crippen LogP contribution in [0.25, 0.3) is 11.6 Å². The minimum atomic E-state index is -0.0633. The third-order valence-electron chi connectivity index (χ3n) is 4.71. The van der Waals surface area contributed by atoms with Gasteiger partial charge in [-0.05, 0) is 59.7 Å². The number of aryl methyl sites for hydroxylation is 1. The number of aliphatic hydroxyl groups is 1. The number of hydrogen-bond acceptors (Lipinski definition) is 4. The van der Waals surface area contributed by atoms with Gasteiger partial charge in [-0.3, -0.25) is 4.79 Å². The number of nitrogens with one attached hydrogen (secondary N) is 3. The van der Waals surface area contributed by atoms with E-state index in [0.29, 0.717) is 6.42 Å². The zero-order valence-corrected chi connectivity index (χ0v) is 22.9. The standard InChI is InChI=1S/C24H27N3O.2C2H6.CH4O.CH2O/c1-4-8-21-17(6-3)15-23(27-21)19-12-13-25-22(16-19)18-10-7-11-20(14-18)26-24(28)9-5-2;4*1-2/h5-7,10-16,22,25,27H,2-4,8-9H2,1H3,(H,26,28);2*1-2H3;2H,1H3;1H2. The van der Waals surface area contributed by atoms with Gasteiger partial charge in [0.15, 0.2) is 0 Å². The number of anilines is 1. The quantitative estimate of drug-likeness (QED) is 0.302. The Morgan fingerprint density at radius 3 is 2.36 bits per heavy atom. The molecule has 1 amide bonds. The van der Waals surface area contributed by atoms with E-state index < -0.39 is 0 Å². The lowest BCUT2D eigenvalue weighted by molar-refractivity contribution is -0.115. The maximum absolute atomic E-state index is 11.8.